The van der Waals surface area contributed by atoms with Gasteiger partial charge in [0.05, 0.1) is 10.6 Å². The predicted octanol–water partition coefficient (Wildman–Crippen LogP) is 2.64. The normalized spacial score (nSPS) is 14.1. The molecule has 0 atom stereocenters. The van der Waals surface area contributed by atoms with Crippen LogP contribution >= 0.6 is 11.3 Å². The van der Waals surface area contributed by atoms with Crippen molar-refractivity contribution in [2.24, 2.45) is 0 Å². The molecule has 3 rings (SSSR count). The van der Waals surface area contributed by atoms with Gasteiger partial charge < -0.3 is 0 Å². The number of sulfone groups is 1. The maximum Gasteiger partial charge on any atom is 0.279 e. The molecule has 1 aliphatic rings. The number of hydrogen-bond donors (Lipinski definition) is 2. The molecule has 0 radical (unpaired) electrons. The molecule has 2 amide bonds. The molecule has 0 saturated heterocycles. The second-order valence-electron chi connectivity index (χ2n) is 6.80. The molecular weight excluding hydrogens is 384 g/mol. The lowest BCUT2D eigenvalue weighted by molar-refractivity contribution is 0.0849. The summed E-state index contributed by atoms with van der Waals surface area (Å²) in [6.45, 7) is 0. The highest BCUT2D eigenvalue weighted by Gasteiger charge is 2.17. The van der Waals surface area contributed by atoms with Gasteiger partial charge in [-0.05, 0) is 55.0 Å². The largest absolute Gasteiger partial charge is 0.279 e. The van der Waals surface area contributed by atoms with Gasteiger partial charge in [0.1, 0.15) is 0 Å². The number of aryl methyl sites for hydroxylation is 2. The molecule has 1 heterocycles. The second kappa shape index (κ2) is 8.22. The first-order chi connectivity index (χ1) is 12.8. The molecule has 0 unspecified atom stereocenters. The molecule has 27 heavy (non-hydrogen) atoms. The van der Waals surface area contributed by atoms with Gasteiger partial charge in [0.15, 0.2) is 9.84 Å². The standard InChI is InChI=1S/C19H22N2O4S2/c1-27(24,25)12-13-6-5-8-15(10-13)18(22)20-21-19(23)17-11-14-7-3-2-4-9-16(14)26-17/h5-6,8,10-11H,2-4,7,9,12H2,1H3,(H,20,22)(H,21,23). The molecular formula is C19H22N2O4S2. The van der Waals surface area contributed by atoms with Crippen molar-refractivity contribution in [3.8, 4) is 0 Å². The van der Waals surface area contributed by atoms with Gasteiger partial charge in [0, 0.05) is 16.7 Å². The van der Waals surface area contributed by atoms with Crippen LogP contribution < -0.4 is 10.9 Å². The Hall–Kier alpha value is -2.19. The Labute approximate surface area is 162 Å². The Balaban J connectivity index is 1.62. The molecule has 6 nitrogen and oxygen atoms in total. The van der Waals surface area contributed by atoms with Crippen LogP contribution in [0.15, 0.2) is 30.3 Å². The van der Waals surface area contributed by atoms with Crippen molar-refractivity contribution < 1.29 is 18.0 Å². The Morgan fingerprint density at radius 3 is 2.56 bits per heavy atom. The summed E-state index contributed by atoms with van der Waals surface area (Å²) in [5.41, 5.74) is 6.90. The third-order valence-corrected chi connectivity index (χ3v) is 6.47. The van der Waals surface area contributed by atoms with E-state index in [4.69, 9.17) is 0 Å². The summed E-state index contributed by atoms with van der Waals surface area (Å²) in [6, 6.07) is 8.26. The molecule has 2 aromatic rings. The van der Waals surface area contributed by atoms with E-state index in [9.17, 15) is 18.0 Å². The molecule has 144 valence electrons. The van der Waals surface area contributed by atoms with Gasteiger partial charge in [-0.3, -0.25) is 20.4 Å². The maximum absolute atomic E-state index is 12.3. The zero-order chi connectivity index (χ0) is 19.4. The van der Waals surface area contributed by atoms with E-state index in [0.717, 1.165) is 31.9 Å². The quantitative estimate of drug-likeness (QED) is 0.603. The van der Waals surface area contributed by atoms with Crippen LogP contribution in [0, 0.1) is 0 Å². The van der Waals surface area contributed by atoms with E-state index in [1.165, 1.54) is 34.3 Å². The van der Waals surface area contributed by atoms with E-state index in [2.05, 4.69) is 10.9 Å². The number of carbonyl (C=O) groups excluding carboxylic acids is 2. The van der Waals surface area contributed by atoms with Crippen molar-refractivity contribution in [3.05, 3.63) is 56.8 Å². The number of thiophene rings is 1. The lowest BCUT2D eigenvalue weighted by atomic mass is 10.1. The number of nitrogens with one attached hydrogen (secondary N) is 2. The van der Waals surface area contributed by atoms with Crippen molar-refractivity contribution in [1.29, 1.82) is 0 Å². The maximum atomic E-state index is 12.3. The topological polar surface area (TPSA) is 92.3 Å². The summed E-state index contributed by atoms with van der Waals surface area (Å²) in [4.78, 5) is 26.5. The van der Waals surface area contributed by atoms with Crippen LogP contribution in [0.3, 0.4) is 0 Å². The predicted molar refractivity (Wildman–Crippen MR) is 106 cm³/mol. The minimum atomic E-state index is -3.19. The Kier molecular flexibility index (Phi) is 5.96. The Morgan fingerprint density at radius 2 is 1.78 bits per heavy atom. The smallest absolute Gasteiger partial charge is 0.267 e. The first-order valence-electron chi connectivity index (χ1n) is 8.81. The summed E-state index contributed by atoms with van der Waals surface area (Å²) < 4.78 is 22.8. The minimum Gasteiger partial charge on any atom is -0.267 e. The third-order valence-electron chi connectivity index (χ3n) is 4.38. The molecule has 0 fully saturated rings. The number of hydrogen-bond acceptors (Lipinski definition) is 5. The van der Waals surface area contributed by atoms with Gasteiger partial charge in [-0.25, -0.2) is 8.42 Å². The Bertz CT molecular complexity index is 940. The minimum absolute atomic E-state index is 0.138. The third kappa shape index (κ3) is 5.40. The highest BCUT2D eigenvalue weighted by Crippen LogP contribution is 2.28. The van der Waals surface area contributed by atoms with Crippen LogP contribution in [0.25, 0.3) is 0 Å². The number of carbonyl (C=O) groups is 2. The van der Waals surface area contributed by atoms with Crippen LogP contribution in [-0.4, -0.2) is 26.5 Å². The zero-order valence-electron chi connectivity index (χ0n) is 15.1. The number of rotatable bonds is 4. The fourth-order valence-electron chi connectivity index (χ4n) is 3.13. The molecule has 0 saturated carbocycles. The lowest BCUT2D eigenvalue weighted by Gasteiger charge is -2.07. The van der Waals surface area contributed by atoms with E-state index in [1.54, 1.807) is 18.2 Å². The van der Waals surface area contributed by atoms with Crippen LogP contribution in [-0.2, 0) is 28.4 Å². The fourth-order valence-corrected chi connectivity index (χ4v) is 5.07. The van der Waals surface area contributed by atoms with E-state index in [1.807, 2.05) is 6.07 Å². The van der Waals surface area contributed by atoms with Crippen molar-refractivity contribution >= 4 is 33.0 Å². The van der Waals surface area contributed by atoms with Crippen molar-refractivity contribution in [2.75, 3.05) is 6.26 Å². The van der Waals surface area contributed by atoms with Crippen molar-refractivity contribution in [3.63, 3.8) is 0 Å². The first kappa shape index (κ1) is 19.6. The monoisotopic (exact) mass is 406 g/mol. The van der Waals surface area contributed by atoms with Crippen LogP contribution in [0.1, 0.15) is 55.3 Å². The summed E-state index contributed by atoms with van der Waals surface area (Å²) in [7, 11) is -3.19. The summed E-state index contributed by atoms with van der Waals surface area (Å²) in [5, 5.41) is 0. The molecule has 0 bridgehead atoms. The zero-order valence-corrected chi connectivity index (χ0v) is 16.7. The molecule has 2 N–H and O–H groups in total. The van der Waals surface area contributed by atoms with Crippen molar-refractivity contribution in [1.82, 2.24) is 10.9 Å². The average molecular weight is 407 g/mol. The van der Waals surface area contributed by atoms with Gasteiger partial charge in [0.25, 0.3) is 11.8 Å². The van der Waals surface area contributed by atoms with E-state index < -0.39 is 15.7 Å². The van der Waals surface area contributed by atoms with Gasteiger partial charge >= 0.3 is 0 Å². The average Bonchev–Trinajstić information content (AvgIpc) is 2.89. The molecule has 0 spiro atoms. The van der Waals surface area contributed by atoms with E-state index in [0.29, 0.717) is 16.0 Å². The van der Waals surface area contributed by atoms with Gasteiger partial charge in [-0.2, -0.15) is 0 Å². The fraction of sp³-hybridized carbons (Fsp3) is 0.368. The second-order valence-corrected chi connectivity index (χ2v) is 10.1. The summed E-state index contributed by atoms with van der Waals surface area (Å²) in [6.07, 6.45) is 6.66. The number of benzene rings is 1. The van der Waals surface area contributed by atoms with Gasteiger partial charge in [-0.15, -0.1) is 11.3 Å². The van der Waals surface area contributed by atoms with E-state index >= 15 is 0 Å². The molecule has 8 heteroatoms. The van der Waals surface area contributed by atoms with Crippen LogP contribution in [0.5, 0.6) is 0 Å². The Morgan fingerprint density at radius 1 is 1.04 bits per heavy atom. The first-order valence-corrected chi connectivity index (χ1v) is 11.7. The van der Waals surface area contributed by atoms with Crippen LogP contribution in [0.2, 0.25) is 0 Å². The number of hydrazine groups is 1. The molecule has 0 aliphatic heterocycles. The lowest BCUT2D eigenvalue weighted by Crippen LogP contribution is -2.41. The van der Waals surface area contributed by atoms with Crippen molar-refractivity contribution in [2.45, 2.75) is 37.9 Å². The number of fused-ring (bicyclic) bond motifs is 1. The van der Waals surface area contributed by atoms with E-state index in [-0.39, 0.29) is 11.7 Å². The highest BCUT2D eigenvalue weighted by atomic mass is 32.2. The SMILES string of the molecule is CS(=O)(=O)Cc1cccc(C(=O)NNC(=O)c2cc3c(s2)CCCCC3)c1. The molecule has 1 aliphatic carbocycles. The summed E-state index contributed by atoms with van der Waals surface area (Å²) >= 11 is 1.48. The van der Waals surface area contributed by atoms with Crippen LogP contribution in [0.4, 0.5) is 0 Å². The molecule has 1 aromatic heterocycles. The molecule has 1 aromatic carbocycles. The number of amides is 2. The highest BCUT2D eigenvalue weighted by molar-refractivity contribution is 7.89. The van der Waals surface area contributed by atoms with Gasteiger partial charge in [-0.1, -0.05) is 18.6 Å². The summed E-state index contributed by atoms with van der Waals surface area (Å²) in [5.74, 6) is -0.966. The van der Waals surface area contributed by atoms with Gasteiger partial charge in [0.2, 0.25) is 0 Å².